The molecule has 168 valence electrons. The summed E-state index contributed by atoms with van der Waals surface area (Å²) in [5, 5.41) is 9.49. The van der Waals surface area contributed by atoms with Crippen molar-refractivity contribution in [1.82, 2.24) is 4.90 Å². The molecule has 0 unspecified atom stereocenters. The molecule has 33 heavy (non-hydrogen) atoms. The molecule has 1 fully saturated rings. The molecule has 0 atom stereocenters. The quantitative estimate of drug-likeness (QED) is 0.473. The summed E-state index contributed by atoms with van der Waals surface area (Å²) in [6, 6.07) is 16.8. The number of carboxylic acid groups (broad SMARTS) is 1. The van der Waals surface area contributed by atoms with Gasteiger partial charge in [0.15, 0.2) is 0 Å². The Labute approximate surface area is 200 Å². The van der Waals surface area contributed by atoms with E-state index in [4.69, 9.17) is 19.1 Å². The van der Waals surface area contributed by atoms with Crippen molar-refractivity contribution in [2.75, 3.05) is 0 Å². The van der Waals surface area contributed by atoms with Crippen LogP contribution < -0.4 is 4.74 Å². The number of carbonyl (C=O) groups excluding carboxylic acids is 1. The summed E-state index contributed by atoms with van der Waals surface area (Å²) in [4.78, 5) is 26.2. The zero-order valence-corrected chi connectivity index (χ0v) is 18.6. The number of halogens is 1. The highest BCUT2D eigenvalue weighted by Gasteiger charge is 2.34. The van der Waals surface area contributed by atoms with E-state index >= 15 is 0 Å². The maximum Gasteiger partial charge on any atom is 0.337 e. The van der Waals surface area contributed by atoms with Crippen molar-refractivity contribution in [3.8, 4) is 16.9 Å². The van der Waals surface area contributed by atoms with Gasteiger partial charge in [0.1, 0.15) is 12.3 Å². The first-order valence-corrected chi connectivity index (χ1v) is 11.4. The van der Waals surface area contributed by atoms with Crippen LogP contribution in [-0.4, -0.2) is 27.9 Å². The Hall–Kier alpha value is -3.31. The molecule has 0 radical (unpaired) electrons. The van der Waals surface area contributed by atoms with E-state index in [1.54, 1.807) is 48.5 Å². The van der Waals surface area contributed by atoms with Crippen LogP contribution in [0.2, 0.25) is 5.02 Å². The molecule has 1 aliphatic heterocycles. The van der Waals surface area contributed by atoms with E-state index in [1.165, 1.54) is 12.1 Å². The van der Waals surface area contributed by atoms with Crippen molar-refractivity contribution in [2.45, 2.75) is 44.8 Å². The molecule has 3 aromatic carbocycles. The van der Waals surface area contributed by atoms with Crippen LogP contribution in [0.25, 0.3) is 11.1 Å². The number of hydrogen-bond acceptors (Lipinski definition) is 3. The SMILES string of the molecule is [2H]C([2H])(Oc1ccc2c(c1)CN(C1CCCC1)C2=O)c1cccc(-c2ccc(Cl)c(C(=O)O)c2)c1. The predicted octanol–water partition coefficient (Wildman–Crippen LogP) is 6.18. The van der Waals surface area contributed by atoms with Crippen LogP contribution in [0, 0.1) is 0 Å². The van der Waals surface area contributed by atoms with Gasteiger partial charge in [0.05, 0.1) is 13.3 Å². The molecule has 1 heterocycles. The Kier molecular flexibility index (Phi) is 5.18. The van der Waals surface area contributed by atoms with Gasteiger partial charge in [-0.05, 0) is 71.5 Å². The maximum atomic E-state index is 12.8. The molecule has 5 rings (SSSR count). The Morgan fingerprint density at radius 1 is 1.09 bits per heavy atom. The third kappa shape index (κ3) is 4.33. The van der Waals surface area contributed by atoms with Crippen LogP contribution >= 0.6 is 11.6 Å². The first kappa shape index (κ1) is 19.2. The second-order valence-corrected chi connectivity index (χ2v) is 8.88. The summed E-state index contributed by atoms with van der Waals surface area (Å²) in [6.07, 6.45) is 4.35. The van der Waals surface area contributed by atoms with E-state index in [0.29, 0.717) is 29.0 Å². The molecule has 6 heteroatoms. The summed E-state index contributed by atoms with van der Waals surface area (Å²) in [5.74, 6) is -0.744. The molecule has 1 N–H and O–H groups in total. The fraction of sp³-hybridized carbons (Fsp3) is 0.259. The van der Waals surface area contributed by atoms with Gasteiger partial charge in [-0.2, -0.15) is 0 Å². The van der Waals surface area contributed by atoms with Crippen molar-refractivity contribution >= 4 is 23.5 Å². The van der Waals surface area contributed by atoms with Crippen LogP contribution in [0.3, 0.4) is 0 Å². The number of carboxylic acids is 1. The van der Waals surface area contributed by atoms with Crippen LogP contribution in [-0.2, 0) is 13.1 Å². The minimum Gasteiger partial charge on any atom is -0.489 e. The molecule has 3 aromatic rings. The van der Waals surface area contributed by atoms with Gasteiger partial charge >= 0.3 is 5.97 Å². The maximum absolute atomic E-state index is 12.8. The highest BCUT2D eigenvalue weighted by Crippen LogP contribution is 2.33. The molecule has 1 amide bonds. The van der Waals surface area contributed by atoms with Gasteiger partial charge in [0, 0.05) is 18.2 Å². The van der Waals surface area contributed by atoms with Crippen LogP contribution in [0.5, 0.6) is 5.75 Å². The van der Waals surface area contributed by atoms with E-state index in [2.05, 4.69) is 0 Å². The number of nitrogens with zero attached hydrogens (tertiary/aromatic N) is 1. The lowest BCUT2D eigenvalue weighted by molar-refractivity contribution is 0.0691. The van der Waals surface area contributed by atoms with Crippen molar-refractivity contribution in [1.29, 1.82) is 0 Å². The van der Waals surface area contributed by atoms with Crippen LogP contribution in [0.15, 0.2) is 60.7 Å². The Balaban J connectivity index is 1.38. The van der Waals surface area contributed by atoms with Crippen molar-refractivity contribution in [2.24, 2.45) is 0 Å². The van der Waals surface area contributed by atoms with Gasteiger partial charge < -0.3 is 14.7 Å². The number of rotatable bonds is 6. The fourth-order valence-electron chi connectivity index (χ4n) is 4.64. The Morgan fingerprint density at radius 2 is 1.88 bits per heavy atom. The third-order valence-electron chi connectivity index (χ3n) is 6.35. The molecular weight excluding hydrogens is 438 g/mol. The first-order valence-electron chi connectivity index (χ1n) is 12.0. The fourth-order valence-corrected chi connectivity index (χ4v) is 4.84. The highest BCUT2D eigenvalue weighted by molar-refractivity contribution is 6.33. The molecule has 1 saturated carbocycles. The van der Waals surface area contributed by atoms with Gasteiger partial charge in [-0.3, -0.25) is 4.79 Å². The summed E-state index contributed by atoms with van der Waals surface area (Å²) >= 11 is 5.98. The van der Waals surface area contributed by atoms with E-state index in [1.807, 2.05) is 4.90 Å². The minimum absolute atomic E-state index is 0.0202. The summed E-state index contributed by atoms with van der Waals surface area (Å²) < 4.78 is 22.9. The normalized spacial score (nSPS) is 17.0. The molecule has 0 saturated heterocycles. The molecule has 0 bridgehead atoms. The summed E-state index contributed by atoms with van der Waals surface area (Å²) in [6.45, 7) is -1.63. The monoisotopic (exact) mass is 463 g/mol. The van der Waals surface area contributed by atoms with Crippen molar-refractivity contribution in [3.05, 3.63) is 87.9 Å². The average molecular weight is 464 g/mol. The number of aromatic carboxylic acids is 1. The second-order valence-electron chi connectivity index (χ2n) is 8.47. The van der Waals surface area contributed by atoms with Crippen LogP contribution in [0.1, 0.15) is 60.3 Å². The van der Waals surface area contributed by atoms with Gasteiger partial charge in [0.2, 0.25) is 0 Å². The summed E-state index contributed by atoms with van der Waals surface area (Å²) in [7, 11) is 0. The van der Waals surface area contributed by atoms with Crippen molar-refractivity contribution < 1.29 is 22.2 Å². The number of carbonyl (C=O) groups is 2. The van der Waals surface area contributed by atoms with Gasteiger partial charge in [-0.25, -0.2) is 4.79 Å². The van der Waals surface area contributed by atoms with Gasteiger partial charge in [-0.1, -0.05) is 48.7 Å². The number of fused-ring (bicyclic) bond motifs is 1. The zero-order chi connectivity index (χ0) is 24.7. The highest BCUT2D eigenvalue weighted by atomic mass is 35.5. The zero-order valence-electron chi connectivity index (χ0n) is 19.9. The number of ether oxygens (including phenoxy) is 1. The van der Waals surface area contributed by atoms with E-state index < -0.39 is 12.5 Å². The van der Waals surface area contributed by atoms with Crippen LogP contribution in [0.4, 0.5) is 0 Å². The largest absolute Gasteiger partial charge is 0.489 e. The lowest BCUT2D eigenvalue weighted by atomic mass is 10.0. The number of hydrogen-bond donors (Lipinski definition) is 1. The molecule has 5 nitrogen and oxygen atoms in total. The first-order chi connectivity index (χ1) is 16.7. The predicted molar refractivity (Wildman–Crippen MR) is 127 cm³/mol. The molecule has 0 spiro atoms. The number of amides is 1. The van der Waals surface area contributed by atoms with E-state index in [-0.39, 0.29) is 28.1 Å². The lowest BCUT2D eigenvalue weighted by Crippen LogP contribution is -2.33. The Morgan fingerprint density at radius 3 is 2.67 bits per heavy atom. The van der Waals surface area contributed by atoms with Gasteiger partial charge in [0.25, 0.3) is 5.91 Å². The molecule has 2 aliphatic rings. The van der Waals surface area contributed by atoms with E-state index in [9.17, 15) is 14.7 Å². The lowest BCUT2D eigenvalue weighted by Gasteiger charge is -2.23. The summed E-state index contributed by atoms with van der Waals surface area (Å²) in [5.41, 5.74) is 3.02. The average Bonchev–Trinajstić information content (AvgIpc) is 3.47. The second kappa shape index (κ2) is 8.91. The topological polar surface area (TPSA) is 66.8 Å². The Bertz CT molecular complexity index is 1320. The smallest absolute Gasteiger partial charge is 0.337 e. The third-order valence-corrected chi connectivity index (χ3v) is 6.68. The molecule has 0 aromatic heterocycles. The minimum atomic E-state index is -2.15. The standard InChI is InChI=1S/C27H24ClNO4/c28-25-11-8-19(14-24(25)27(31)32)18-5-3-4-17(12-18)16-33-22-9-10-23-20(13-22)15-29(26(23)30)21-6-1-2-7-21/h3-5,8-14,21H,1-2,6-7,15-16H2,(H,31,32)/i16D2. The van der Waals surface area contributed by atoms with Gasteiger partial charge in [-0.15, -0.1) is 0 Å². The van der Waals surface area contributed by atoms with Crippen molar-refractivity contribution in [3.63, 3.8) is 0 Å². The molecular formula is C27H24ClNO4. The van der Waals surface area contributed by atoms with E-state index in [0.717, 1.165) is 31.2 Å². The number of benzene rings is 3. The molecule has 1 aliphatic carbocycles.